The molecule has 11 nitrogen and oxygen atoms in total. The number of sulfonamides is 1. The van der Waals surface area contributed by atoms with Crippen LogP contribution < -0.4 is 20.7 Å². The molecular weight excluding hydrogens is 527 g/mol. The number of hydrogen-bond acceptors (Lipinski definition) is 10. The van der Waals surface area contributed by atoms with Gasteiger partial charge < -0.3 is 26.2 Å². The summed E-state index contributed by atoms with van der Waals surface area (Å²) < 4.78 is 66.0. The molecule has 6 N–H and O–H groups in total. The molecule has 15 heteroatoms. The second-order valence-corrected chi connectivity index (χ2v) is 10.1. The number of alkyl halides is 3. The van der Waals surface area contributed by atoms with E-state index in [0.29, 0.717) is 29.7 Å². The largest absolute Gasteiger partial charge is 0.421 e. The molecule has 206 valence electrons. The Labute approximate surface area is 217 Å². The number of nitrogens with one attached hydrogen (secondary N) is 4. The van der Waals surface area contributed by atoms with Crippen molar-refractivity contribution in [2.45, 2.75) is 31.9 Å². The summed E-state index contributed by atoms with van der Waals surface area (Å²) in [5.74, 6) is -0.530. The van der Waals surface area contributed by atoms with Crippen LogP contribution in [0.2, 0.25) is 0 Å². The molecule has 0 aliphatic rings. The molecule has 0 radical (unpaired) electrons. The topological polar surface area (TPSA) is 161 Å². The van der Waals surface area contributed by atoms with Crippen molar-refractivity contribution in [2.75, 3.05) is 30.1 Å². The molecule has 2 heterocycles. The fraction of sp³-hybridized carbons (Fsp3) is 0.348. The Morgan fingerprint density at radius 3 is 2.34 bits per heavy atom. The van der Waals surface area contributed by atoms with Crippen molar-refractivity contribution < 1.29 is 31.8 Å². The van der Waals surface area contributed by atoms with E-state index in [2.05, 4.69) is 35.6 Å². The van der Waals surface area contributed by atoms with Gasteiger partial charge in [-0.3, -0.25) is 4.98 Å². The van der Waals surface area contributed by atoms with Crippen LogP contribution in [0, 0.1) is 0 Å². The van der Waals surface area contributed by atoms with E-state index in [1.165, 1.54) is 6.20 Å². The Kier molecular flexibility index (Phi) is 9.93. The standard InChI is InChI=1S/C23H28F3N7O4S/c1-38(36,37)31-12-20-16(3-2-8-27-20)10-29-21-19(23(24,25)26)11-30-22(33-21)32-17-6-4-15(5-7-17)9-28-18(13-34)14-35/h2-8,11,18,28,31,34-35H,9-10,12-14H2,1H3,(H2,29,30,32,33). The quantitative estimate of drug-likeness (QED) is 0.183. The zero-order valence-electron chi connectivity index (χ0n) is 20.3. The van der Waals surface area contributed by atoms with Gasteiger partial charge in [0, 0.05) is 31.2 Å². The Hall–Kier alpha value is -3.37. The number of halogens is 3. The van der Waals surface area contributed by atoms with Gasteiger partial charge in [0.1, 0.15) is 11.4 Å². The number of aliphatic hydroxyl groups is 2. The molecular formula is C23H28F3N7O4S. The number of pyridine rings is 1. The molecule has 0 spiro atoms. The first-order chi connectivity index (χ1) is 18.0. The van der Waals surface area contributed by atoms with E-state index in [-0.39, 0.29) is 32.3 Å². The summed E-state index contributed by atoms with van der Waals surface area (Å²) in [7, 11) is -3.49. The van der Waals surface area contributed by atoms with Crippen LogP contribution in [0.1, 0.15) is 22.4 Å². The second kappa shape index (κ2) is 12.9. The maximum Gasteiger partial charge on any atom is 0.421 e. The van der Waals surface area contributed by atoms with Crippen molar-refractivity contribution in [2.24, 2.45) is 0 Å². The molecule has 0 amide bonds. The number of aromatic nitrogens is 3. The third kappa shape index (κ3) is 8.88. The van der Waals surface area contributed by atoms with Gasteiger partial charge in [-0.25, -0.2) is 18.1 Å². The highest BCUT2D eigenvalue weighted by atomic mass is 32.2. The van der Waals surface area contributed by atoms with Gasteiger partial charge in [-0.2, -0.15) is 18.2 Å². The first-order valence-electron chi connectivity index (χ1n) is 11.3. The zero-order valence-corrected chi connectivity index (χ0v) is 21.1. The van der Waals surface area contributed by atoms with E-state index in [1.807, 2.05) is 0 Å². The molecule has 0 fully saturated rings. The van der Waals surface area contributed by atoms with Gasteiger partial charge in [-0.15, -0.1) is 0 Å². The highest BCUT2D eigenvalue weighted by molar-refractivity contribution is 7.88. The lowest BCUT2D eigenvalue weighted by molar-refractivity contribution is -0.137. The van der Waals surface area contributed by atoms with Gasteiger partial charge >= 0.3 is 6.18 Å². The average molecular weight is 556 g/mol. The van der Waals surface area contributed by atoms with Crippen LogP contribution in [0.4, 0.5) is 30.6 Å². The van der Waals surface area contributed by atoms with Crippen molar-refractivity contribution >= 4 is 27.5 Å². The predicted molar refractivity (Wildman–Crippen MR) is 135 cm³/mol. The minimum absolute atomic E-state index is 0.0721. The van der Waals surface area contributed by atoms with Crippen LogP contribution in [0.5, 0.6) is 0 Å². The highest BCUT2D eigenvalue weighted by Gasteiger charge is 2.35. The van der Waals surface area contributed by atoms with Gasteiger partial charge in [-0.05, 0) is 29.3 Å². The van der Waals surface area contributed by atoms with Crippen molar-refractivity contribution in [3.63, 3.8) is 0 Å². The summed E-state index contributed by atoms with van der Waals surface area (Å²) >= 11 is 0. The van der Waals surface area contributed by atoms with Crippen LogP contribution in [0.15, 0.2) is 48.8 Å². The maximum atomic E-state index is 13.6. The molecule has 0 atom stereocenters. The van der Waals surface area contributed by atoms with Crippen molar-refractivity contribution in [1.29, 1.82) is 0 Å². The number of hydrogen-bond donors (Lipinski definition) is 6. The summed E-state index contributed by atoms with van der Waals surface area (Å²) in [6.07, 6.45) is -1.59. The van der Waals surface area contributed by atoms with Crippen molar-refractivity contribution in [3.8, 4) is 0 Å². The van der Waals surface area contributed by atoms with Gasteiger partial charge in [-0.1, -0.05) is 18.2 Å². The minimum Gasteiger partial charge on any atom is -0.395 e. The lowest BCUT2D eigenvalue weighted by atomic mass is 10.2. The zero-order chi connectivity index (χ0) is 27.8. The molecule has 0 saturated heterocycles. The molecule has 1 aromatic carbocycles. The molecule has 0 aliphatic carbocycles. The molecule has 38 heavy (non-hydrogen) atoms. The molecule has 2 aromatic heterocycles. The third-order valence-electron chi connectivity index (χ3n) is 5.27. The SMILES string of the molecule is CS(=O)(=O)NCc1ncccc1CNc1nc(Nc2ccc(CNC(CO)CO)cc2)ncc1C(F)(F)F. The normalized spacial score (nSPS) is 12.1. The number of anilines is 3. The first kappa shape index (κ1) is 29.2. The van der Waals surface area contributed by atoms with Crippen LogP contribution in [0.25, 0.3) is 0 Å². The Morgan fingerprint density at radius 1 is 1.00 bits per heavy atom. The third-order valence-corrected chi connectivity index (χ3v) is 5.94. The lowest BCUT2D eigenvalue weighted by Crippen LogP contribution is -2.35. The van der Waals surface area contributed by atoms with E-state index in [4.69, 9.17) is 10.2 Å². The van der Waals surface area contributed by atoms with Gasteiger partial charge in [0.2, 0.25) is 16.0 Å². The maximum absolute atomic E-state index is 13.6. The van der Waals surface area contributed by atoms with Gasteiger partial charge in [0.05, 0.1) is 37.8 Å². The summed E-state index contributed by atoms with van der Waals surface area (Å²) in [4.78, 5) is 11.9. The van der Waals surface area contributed by atoms with E-state index < -0.39 is 33.6 Å². The van der Waals surface area contributed by atoms with Crippen LogP contribution >= 0.6 is 0 Å². The molecule has 3 rings (SSSR count). The Balaban J connectivity index is 1.75. The summed E-state index contributed by atoms with van der Waals surface area (Å²) in [6.45, 7) is -0.244. The van der Waals surface area contributed by atoms with E-state index in [1.54, 1.807) is 36.4 Å². The van der Waals surface area contributed by atoms with Crippen molar-refractivity contribution in [3.05, 3.63) is 71.2 Å². The molecule has 0 unspecified atom stereocenters. The smallest absolute Gasteiger partial charge is 0.395 e. The Bertz CT molecular complexity index is 1310. The first-order valence-corrected chi connectivity index (χ1v) is 13.2. The fourth-order valence-corrected chi connectivity index (χ4v) is 3.64. The highest BCUT2D eigenvalue weighted by Crippen LogP contribution is 2.34. The van der Waals surface area contributed by atoms with E-state index in [9.17, 15) is 21.6 Å². The number of benzene rings is 1. The summed E-state index contributed by atoms with van der Waals surface area (Å²) in [5.41, 5.74) is 1.16. The van der Waals surface area contributed by atoms with Gasteiger partial charge in [0.15, 0.2) is 0 Å². The van der Waals surface area contributed by atoms with E-state index >= 15 is 0 Å². The summed E-state index contributed by atoms with van der Waals surface area (Å²) in [5, 5.41) is 26.8. The summed E-state index contributed by atoms with van der Waals surface area (Å²) in [6, 6.07) is 9.66. The van der Waals surface area contributed by atoms with E-state index in [0.717, 1.165) is 11.8 Å². The fourth-order valence-electron chi connectivity index (χ4n) is 3.24. The van der Waals surface area contributed by atoms with Crippen molar-refractivity contribution in [1.82, 2.24) is 25.0 Å². The van der Waals surface area contributed by atoms with Gasteiger partial charge in [0.25, 0.3) is 0 Å². The second-order valence-electron chi connectivity index (χ2n) is 8.27. The molecule has 0 aliphatic heterocycles. The molecule has 0 saturated carbocycles. The average Bonchev–Trinajstić information content (AvgIpc) is 2.87. The Morgan fingerprint density at radius 2 is 1.71 bits per heavy atom. The lowest BCUT2D eigenvalue weighted by Gasteiger charge is -2.16. The number of rotatable bonds is 13. The monoisotopic (exact) mass is 555 g/mol. The molecule has 0 bridgehead atoms. The molecule has 3 aromatic rings. The number of nitrogens with zero attached hydrogens (tertiary/aromatic N) is 3. The van der Waals surface area contributed by atoms with Crippen LogP contribution in [0.3, 0.4) is 0 Å². The van der Waals surface area contributed by atoms with Crippen LogP contribution in [-0.2, 0) is 35.8 Å². The minimum atomic E-state index is -4.72. The number of aliphatic hydroxyl groups excluding tert-OH is 2. The predicted octanol–water partition coefficient (Wildman–Crippen LogP) is 1.74. The van der Waals surface area contributed by atoms with Crippen LogP contribution in [-0.4, -0.2) is 59.1 Å².